The molecule has 0 aliphatic heterocycles. The summed E-state index contributed by atoms with van der Waals surface area (Å²) >= 11 is 0. The van der Waals surface area contributed by atoms with Gasteiger partial charge < -0.3 is 10.8 Å². The van der Waals surface area contributed by atoms with Crippen molar-refractivity contribution < 1.29 is 5.11 Å². The Kier molecular flexibility index (Phi) is 4.77. The van der Waals surface area contributed by atoms with Crippen molar-refractivity contribution in [1.82, 2.24) is 0 Å². The SMILES string of the molecule is CCCCC(N)C(C)(C)C#CO. The van der Waals surface area contributed by atoms with Gasteiger partial charge in [-0.1, -0.05) is 25.7 Å². The second-order valence-corrected chi connectivity index (χ2v) is 3.71. The molecule has 0 rings (SSSR count). The zero-order chi connectivity index (χ0) is 9.61. The van der Waals surface area contributed by atoms with E-state index in [1.807, 2.05) is 20.0 Å². The fourth-order valence-corrected chi connectivity index (χ4v) is 1.02. The van der Waals surface area contributed by atoms with Crippen molar-refractivity contribution in [2.75, 3.05) is 0 Å². The van der Waals surface area contributed by atoms with E-state index in [0.717, 1.165) is 19.3 Å². The standard InChI is InChI=1S/C10H19NO/c1-4-5-6-9(11)10(2,3)7-8-12/h9,12H,4-6,11H2,1-3H3. The number of unbranched alkanes of at least 4 members (excludes halogenated alkanes) is 1. The maximum atomic E-state index is 8.46. The Balaban J connectivity index is 4.02. The van der Waals surface area contributed by atoms with Gasteiger partial charge in [0.2, 0.25) is 0 Å². The van der Waals surface area contributed by atoms with E-state index in [9.17, 15) is 0 Å². The van der Waals surface area contributed by atoms with Gasteiger partial charge in [-0.05, 0) is 20.3 Å². The van der Waals surface area contributed by atoms with Crippen LogP contribution < -0.4 is 5.73 Å². The highest BCUT2D eigenvalue weighted by Gasteiger charge is 2.23. The van der Waals surface area contributed by atoms with Gasteiger partial charge in [-0.2, -0.15) is 0 Å². The van der Waals surface area contributed by atoms with Crippen LogP contribution >= 0.6 is 0 Å². The lowest BCUT2D eigenvalue weighted by Crippen LogP contribution is -2.36. The van der Waals surface area contributed by atoms with Gasteiger partial charge in [0.05, 0.1) is 0 Å². The molecule has 0 bridgehead atoms. The Labute approximate surface area is 75.2 Å². The topological polar surface area (TPSA) is 46.2 Å². The summed E-state index contributed by atoms with van der Waals surface area (Å²) in [5, 5.41) is 8.46. The van der Waals surface area contributed by atoms with Crippen LogP contribution in [0.2, 0.25) is 0 Å². The van der Waals surface area contributed by atoms with Gasteiger partial charge in [0.25, 0.3) is 0 Å². The minimum absolute atomic E-state index is 0.0529. The van der Waals surface area contributed by atoms with Crippen LogP contribution in [0.4, 0.5) is 0 Å². The molecule has 70 valence electrons. The first-order valence-corrected chi connectivity index (χ1v) is 4.46. The Bertz CT molecular complexity index is 176. The molecule has 2 heteroatoms. The van der Waals surface area contributed by atoms with Crippen LogP contribution in [0.15, 0.2) is 0 Å². The molecular formula is C10H19NO. The molecule has 0 radical (unpaired) electrons. The average Bonchev–Trinajstić information content (AvgIpc) is 2.00. The second kappa shape index (κ2) is 5.05. The summed E-state index contributed by atoms with van der Waals surface area (Å²) in [6.07, 6.45) is 5.18. The smallest absolute Gasteiger partial charge is 0.108 e. The van der Waals surface area contributed by atoms with Crippen molar-refractivity contribution in [3.05, 3.63) is 0 Å². The van der Waals surface area contributed by atoms with Gasteiger partial charge in [0, 0.05) is 11.5 Å². The molecule has 1 atom stereocenters. The van der Waals surface area contributed by atoms with Crippen LogP contribution in [0, 0.1) is 17.4 Å². The summed E-state index contributed by atoms with van der Waals surface area (Å²) in [4.78, 5) is 0. The molecule has 0 saturated heterocycles. The average molecular weight is 169 g/mol. The lowest BCUT2D eigenvalue weighted by molar-refractivity contribution is 0.357. The molecule has 0 aromatic rings. The zero-order valence-electron chi connectivity index (χ0n) is 8.22. The van der Waals surface area contributed by atoms with Gasteiger partial charge in [0.1, 0.15) is 6.11 Å². The molecule has 0 saturated carbocycles. The van der Waals surface area contributed by atoms with E-state index in [2.05, 4.69) is 12.8 Å². The van der Waals surface area contributed by atoms with Crippen LogP contribution in [0.5, 0.6) is 0 Å². The summed E-state index contributed by atoms with van der Waals surface area (Å²) in [6.45, 7) is 6.05. The normalized spacial score (nSPS) is 13.3. The van der Waals surface area contributed by atoms with Crippen molar-refractivity contribution in [2.24, 2.45) is 11.1 Å². The molecule has 0 fully saturated rings. The molecule has 0 aliphatic carbocycles. The minimum Gasteiger partial charge on any atom is -0.462 e. The highest BCUT2D eigenvalue weighted by Crippen LogP contribution is 2.21. The van der Waals surface area contributed by atoms with Gasteiger partial charge in [-0.3, -0.25) is 0 Å². The number of hydrogen-bond donors (Lipinski definition) is 2. The van der Waals surface area contributed by atoms with E-state index in [4.69, 9.17) is 10.8 Å². The molecule has 1 unspecified atom stereocenters. The Hall–Kier alpha value is -0.680. The molecule has 3 N–H and O–H groups in total. The van der Waals surface area contributed by atoms with E-state index in [0.29, 0.717) is 0 Å². The molecule has 0 aromatic carbocycles. The lowest BCUT2D eigenvalue weighted by Gasteiger charge is -2.25. The van der Waals surface area contributed by atoms with Crippen molar-refractivity contribution in [1.29, 1.82) is 0 Å². The van der Waals surface area contributed by atoms with E-state index in [1.54, 1.807) is 0 Å². The van der Waals surface area contributed by atoms with Crippen LogP contribution in [0.3, 0.4) is 0 Å². The molecule has 0 aromatic heterocycles. The van der Waals surface area contributed by atoms with Crippen LogP contribution in [-0.2, 0) is 0 Å². The molecule has 12 heavy (non-hydrogen) atoms. The molecule has 2 nitrogen and oxygen atoms in total. The third kappa shape index (κ3) is 3.64. The van der Waals surface area contributed by atoms with Crippen molar-refractivity contribution in [3.8, 4) is 12.0 Å². The highest BCUT2D eigenvalue weighted by atomic mass is 16.2. The Morgan fingerprint density at radius 2 is 2.08 bits per heavy atom. The minimum atomic E-state index is -0.274. The Morgan fingerprint density at radius 3 is 2.50 bits per heavy atom. The number of hydrogen-bond acceptors (Lipinski definition) is 2. The number of nitrogens with two attached hydrogens (primary N) is 1. The van der Waals surface area contributed by atoms with Crippen molar-refractivity contribution >= 4 is 0 Å². The summed E-state index contributed by atoms with van der Waals surface area (Å²) in [5.74, 6) is 2.71. The quantitative estimate of drug-likeness (QED) is 0.631. The predicted molar refractivity (Wildman–Crippen MR) is 51.0 cm³/mol. The van der Waals surface area contributed by atoms with E-state index >= 15 is 0 Å². The molecule has 0 spiro atoms. The van der Waals surface area contributed by atoms with Gasteiger partial charge in [0.15, 0.2) is 0 Å². The van der Waals surface area contributed by atoms with Gasteiger partial charge in [-0.25, -0.2) is 0 Å². The first kappa shape index (κ1) is 11.3. The summed E-state index contributed by atoms with van der Waals surface area (Å²) < 4.78 is 0. The number of aliphatic hydroxyl groups is 1. The predicted octanol–water partition coefficient (Wildman–Crippen LogP) is 1.86. The largest absolute Gasteiger partial charge is 0.462 e. The first-order valence-electron chi connectivity index (χ1n) is 4.46. The number of rotatable bonds is 4. The summed E-state index contributed by atoms with van der Waals surface area (Å²) in [5.41, 5.74) is 5.64. The zero-order valence-corrected chi connectivity index (χ0v) is 8.22. The van der Waals surface area contributed by atoms with Crippen molar-refractivity contribution in [2.45, 2.75) is 46.1 Å². The molecule has 0 aliphatic rings. The Morgan fingerprint density at radius 1 is 1.50 bits per heavy atom. The van der Waals surface area contributed by atoms with Crippen molar-refractivity contribution in [3.63, 3.8) is 0 Å². The monoisotopic (exact) mass is 169 g/mol. The maximum Gasteiger partial charge on any atom is 0.108 e. The van der Waals surface area contributed by atoms with E-state index in [-0.39, 0.29) is 11.5 Å². The fraction of sp³-hybridized carbons (Fsp3) is 0.800. The van der Waals surface area contributed by atoms with Gasteiger partial charge in [-0.15, -0.1) is 0 Å². The third-order valence-electron chi connectivity index (χ3n) is 2.17. The van der Waals surface area contributed by atoms with E-state index in [1.165, 1.54) is 0 Å². The summed E-state index contributed by atoms with van der Waals surface area (Å²) in [7, 11) is 0. The molecule has 0 amide bonds. The summed E-state index contributed by atoms with van der Waals surface area (Å²) in [6, 6.07) is 0.0529. The van der Waals surface area contributed by atoms with Crippen LogP contribution in [0.25, 0.3) is 0 Å². The lowest BCUT2D eigenvalue weighted by atomic mass is 9.83. The van der Waals surface area contributed by atoms with Gasteiger partial charge >= 0.3 is 0 Å². The molecular weight excluding hydrogens is 150 g/mol. The van der Waals surface area contributed by atoms with Crippen LogP contribution in [-0.4, -0.2) is 11.1 Å². The highest BCUT2D eigenvalue weighted by molar-refractivity contribution is 5.08. The second-order valence-electron chi connectivity index (χ2n) is 3.71. The van der Waals surface area contributed by atoms with Crippen LogP contribution in [0.1, 0.15) is 40.0 Å². The fourth-order valence-electron chi connectivity index (χ4n) is 1.02. The first-order chi connectivity index (χ1) is 5.54. The molecule has 0 heterocycles. The van der Waals surface area contributed by atoms with E-state index < -0.39 is 0 Å². The third-order valence-corrected chi connectivity index (χ3v) is 2.17. The number of aliphatic hydroxyl groups excluding tert-OH is 1. The maximum absolute atomic E-state index is 8.46.